The number of fused-ring (bicyclic) bond motifs is 1. The van der Waals surface area contributed by atoms with Gasteiger partial charge in [0.15, 0.2) is 17.1 Å². The number of aromatic nitrogens is 5. The zero-order valence-electron chi connectivity index (χ0n) is 7.75. The molecule has 72 valence electrons. The standard InChI is InChI=1S/C10H7N5/c1-2-4-11-7(3-1)8-14-9-10(15-8)13-6-5-12-9/h1-6H,(H,12,13,14,15). The number of rotatable bonds is 1. The molecule has 5 nitrogen and oxygen atoms in total. The predicted molar refractivity (Wildman–Crippen MR) is 54.9 cm³/mol. The Morgan fingerprint density at radius 2 is 1.87 bits per heavy atom. The Bertz CT molecular complexity index is 554. The first kappa shape index (κ1) is 8.05. The van der Waals surface area contributed by atoms with Gasteiger partial charge in [-0.1, -0.05) is 6.07 Å². The summed E-state index contributed by atoms with van der Waals surface area (Å²) in [4.78, 5) is 19.8. The molecule has 0 atom stereocenters. The maximum atomic E-state index is 4.29. The molecular weight excluding hydrogens is 190 g/mol. The second-order valence-corrected chi connectivity index (χ2v) is 3.03. The van der Waals surface area contributed by atoms with Gasteiger partial charge in [0.1, 0.15) is 5.69 Å². The fourth-order valence-corrected chi connectivity index (χ4v) is 1.37. The molecule has 3 rings (SSSR count). The topological polar surface area (TPSA) is 67.3 Å². The lowest BCUT2D eigenvalue weighted by molar-refractivity contribution is 1.23. The monoisotopic (exact) mass is 197 g/mol. The van der Waals surface area contributed by atoms with Gasteiger partial charge in [-0.05, 0) is 12.1 Å². The Morgan fingerprint density at radius 3 is 2.67 bits per heavy atom. The number of nitrogens with zero attached hydrogens (tertiary/aromatic N) is 4. The summed E-state index contributed by atoms with van der Waals surface area (Å²) >= 11 is 0. The molecule has 15 heavy (non-hydrogen) atoms. The van der Waals surface area contributed by atoms with Crippen LogP contribution in [0, 0.1) is 0 Å². The molecule has 0 bridgehead atoms. The van der Waals surface area contributed by atoms with E-state index in [2.05, 4.69) is 24.9 Å². The third kappa shape index (κ3) is 1.34. The van der Waals surface area contributed by atoms with Crippen molar-refractivity contribution in [2.24, 2.45) is 0 Å². The van der Waals surface area contributed by atoms with Crippen LogP contribution in [0.4, 0.5) is 0 Å². The van der Waals surface area contributed by atoms with Gasteiger partial charge < -0.3 is 4.98 Å². The molecule has 0 aliphatic carbocycles. The van der Waals surface area contributed by atoms with E-state index in [-0.39, 0.29) is 0 Å². The van der Waals surface area contributed by atoms with E-state index in [0.29, 0.717) is 17.1 Å². The Kier molecular flexibility index (Phi) is 1.68. The minimum atomic E-state index is 0.609. The maximum absolute atomic E-state index is 4.29. The highest BCUT2D eigenvalue weighted by Crippen LogP contribution is 2.14. The Morgan fingerprint density at radius 1 is 0.933 bits per heavy atom. The average molecular weight is 197 g/mol. The Hall–Kier alpha value is -2.30. The molecule has 0 fully saturated rings. The molecule has 0 radical (unpaired) electrons. The number of nitrogens with one attached hydrogen (secondary N) is 1. The van der Waals surface area contributed by atoms with E-state index in [9.17, 15) is 0 Å². The zero-order chi connectivity index (χ0) is 10.1. The van der Waals surface area contributed by atoms with E-state index in [1.54, 1.807) is 18.6 Å². The summed E-state index contributed by atoms with van der Waals surface area (Å²) in [5.74, 6) is 0.691. The van der Waals surface area contributed by atoms with Crippen molar-refractivity contribution in [1.82, 2.24) is 24.9 Å². The van der Waals surface area contributed by atoms with Crippen molar-refractivity contribution in [3.05, 3.63) is 36.8 Å². The lowest BCUT2D eigenvalue weighted by atomic mass is 10.3. The van der Waals surface area contributed by atoms with Crippen LogP contribution in [-0.4, -0.2) is 24.9 Å². The van der Waals surface area contributed by atoms with Crippen LogP contribution in [0.1, 0.15) is 0 Å². The van der Waals surface area contributed by atoms with E-state index < -0.39 is 0 Å². The van der Waals surface area contributed by atoms with Crippen LogP contribution in [0.2, 0.25) is 0 Å². The summed E-state index contributed by atoms with van der Waals surface area (Å²) in [6.45, 7) is 0. The summed E-state index contributed by atoms with van der Waals surface area (Å²) in [7, 11) is 0. The van der Waals surface area contributed by atoms with Gasteiger partial charge in [-0.15, -0.1) is 0 Å². The van der Waals surface area contributed by atoms with Crippen LogP contribution in [0.25, 0.3) is 22.8 Å². The molecule has 3 heterocycles. The second kappa shape index (κ2) is 3.13. The Balaban J connectivity index is 2.21. The van der Waals surface area contributed by atoms with Gasteiger partial charge in [0.2, 0.25) is 0 Å². The summed E-state index contributed by atoms with van der Waals surface area (Å²) in [6, 6.07) is 5.66. The van der Waals surface area contributed by atoms with Crippen molar-refractivity contribution in [2.75, 3.05) is 0 Å². The van der Waals surface area contributed by atoms with Crippen molar-refractivity contribution < 1.29 is 0 Å². The number of pyridine rings is 1. The molecule has 0 unspecified atom stereocenters. The van der Waals surface area contributed by atoms with Crippen LogP contribution < -0.4 is 0 Å². The van der Waals surface area contributed by atoms with Crippen LogP contribution >= 0.6 is 0 Å². The van der Waals surface area contributed by atoms with Gasteiger partial charge in [-0.25, -0.2) is 15.0 Å². The van der Waals surface area contributed by atoms with E-state index in [1.807, 2.05) is 18.2 Å². The van der Waals surface area contributed by atoms with Crippen LogP contribution in [-0.2, 0) is 0 Å². The van der Waals surface area contributed by atoms with Crippen LogP contribution in [0.3, 0.4) is 0 Å². The lowest BCUT2D eigenvalue weighted by Crippen LogP contribution is -1.83. The molecule has 0 amide bonds. The number of H-pyrrole nitrogens is 1. The number of imidazole rings is 1. The van der Waals surface area contributed by atoms with E-state index in [0.717, 1.165) is 5.69 Å². The molecule has 0 saturated heterocycles. The minimum Gasteiger partial charge on any atom is -0.320 e. The number of aromatic amines is 1. The molecule has 3 aromatic rings. The first-order chi connectivity index (χ1) is 7.43. The molecule has 1 N–H and O–H groups in total. The van der Waals surface area contributed by atoms with E-state index in [1.165, 1.54) is 0 Å². The number of hydrogen-bond acceptors (Lipinski definition) is 4. The third-order valence-corrected chi connectivity index (χ3v) is 2.04. The van der Waals surface area contributed by atoms with Gasteiger partial charge in [-0.2, -0.15) is 0 Å². The maximum Gasteiger partial charge on any atom is 0.197 e. The zero-order valence-corrected chi connectivity index (χ0v) is 7.75. The molecule has 0 aliphatic heterocycles. The first-order valence-corrected chi connectivity index (χ1v) is 4.51. The summed E-state index contributed by atoms with van der Waals surface area (Å²) < 4.78 is 0. The van der Waals surface area contributed by atoms with Gasteiger partial charge in [0.25, 0.3) is 0 Å². The highest BCUT2D eigenvalue weighted by atomic mass is 15.1. The van der Waals surface area contributed by atoms with Crippen LogP contribution in [0.5, 0.6) is 0 Å². The smallest absolute Gasteiger partial charge is 0.197 e. The van der Waals surface area contributed by atoms with Crippen molar-refractivity contribution in [3.8, 4) is 11.5 Å². The summed E-state index contributed by atoms with van der Waals surface area (Å²) in [5.41, 5.74) is 2.08. The quantitative estimate of drug-likeness (QED) is 0.640. The molecule has 5 heteroatoms. The predicted octanol–water partition coefficient (Wildman–Crippen LogP) is 1.41. The van der Waals surface area contributed by atoms with Crippen molar-refractivity contribution in [3.63, 3.8) is 0 Å². The van der Waals surface area contributed by atoms with Crippen molar-refractivity contribution in [1.29, 1.82) is 0 Å². The normalized spacial score (nSPS) is 10.7. The third-order valence-electron chi connectivity index (χ3n) is 2.04. The van der Waals surface area contributed by atoms with Gasteiger partial charge in [0, 0.05) is 18.6 Å². The summed E-state index contributed by atoms with van der Waals surface area (Å²) in [5, 5.41) is 0. The van der Waals surface area contributed by atoms with E-state index in [4.69, 9.17) is 0 Å². The van der Waals surface area contributed by atoms with Crippen molar-refractivity contribution in [2.45, 2.75) is 0 Å². The van der Waals surface area contributed by atoms with Crippen molar-refractivity contribution >= 4 is 11.3 Å². The molecule has 0 spiro atoms. The van der Waals surface area contributed by atoms with Gasteiger partial charge in [0.05, 0.1) is 0 Å². The SMILES string of the molecule is c1ccc(-c2nc3nccnc3[nH]2)nc1. The van der Waals surface area contributed by atoms with Crippen LogP contribution in [0.15, 0.2) is 36.8 Å². The fourth-order valence-electron chi connectivity index (χ4n) is 1.37. The molecule has 0 aromatic carbocycles. The average Bonchev–Trinajstić information content (AvgIpc) is 2.74. The second-order valence-electron chi connectivity index (χ2n) is 3.03. The lowest BCUT2D eigenvalue weighted by Gasteiger charge is -1.91. The summed E-state index contributed by atoms with van der Waals surface area (Å²) in [6.07, 6.45) is 4.97. The minimum absolute atomic E-state index is 0.609. The molecule has 3 aromatic heterocycles. The highest BCUT2D eigenvalue weighted by molar-refractivity contribution is 5.70. The largest absolute Gasteiger partial charge is 0.320 e. The molecule has 0 aliphatic rings. The van der Waals surface area contributed by atoms with Gasteiger partial charge >= 0.3 is 0 Å². The highest BCUT2D eigenvalue weighted by Gasteiger charge is 2.06. The first-order valence-electron chi connectivity index (χ1n) is 4.51. The van der Waals surface area contributed by atoms with Gasteiger partial charge in [-0.3, -0.25) is 4.98 Å². The molecular formula is C10H7N5. The van der Waals surface area contributed by atoms with E-state index >= 15 is 0 Å². The Labute approximate surface area is 85.3 Å². The fraction of sp³-hybridized carbons (Fsp3) is 0. The molecule has 0 saturated carbocycles. The number of hydrogen-bond donors (Lipinski definition) is 1.